The molecule has 0 bridgehead atoms. The van der Waals surface area contributed by atoms with Gasteiger partial charge >= 0.3 is 0 Å². The second-order valence-electron chi connectivity index (χ2n) is 5.24. The summed E-state index contributed by atoms with van der Waals surface area (Å²) in [4.78, 5) is 2.22. The van der Waals surface area contributed by atoms with E-state index in [1.807, 2.05) is 6.92 Å². The Bertz CT molecular complexity index is 352. The van der Waals surface area contributed by atoms with Crippen LogP contribution in [0.2, 0.25) is 0 Å². The van der Waals surface area contributed by atoms with Crippen LogP contribution >= 0.6 is 0 Å². The average Bonchev–Trinajstić information content (AvgIpc) is 2.72. The molecule has 0 aliphatic carbocycles. The quantitative estimate of drug-likeness (QED) is 0.742. The molecule has 2 heterocycles. The summed E-state index contributed by atoms with van der Waals surface area (Å²) in [6.45, 7) is 5.94. The topological polar surface area (TPSA) is 52.7 Å². The van der Waals surface area contributed by atoms with Gasteiger partial charge in [-0.25, -0.2) is 8.42 Å². The second-order valence-corrected chi connectivity index (χ2v) is 7.40. The minimum Gasteiger partial charge on any atom is -0.315 e. The van der Waals surface area contributed by atoms with Gasteiger partial charge in [0.1, 0.15) is 0 Å². The zero-order valence-corrected chi connectivity index (χ0v) is 11.5. The zero-order chi connectivity index (χ0) is 12.5. The predicted molar refractivity (Wildman–Crippen MR) is 68.5 cm³/mol. The summed E-state index contributed by atoms with van der Waals surface area (Å²) in [5.74, 6) is 0. The highest BCUT2D eigenvalue weighted by Gasteiger charge is 2.37. The number of likely N-dealkylation sites (N-methyl/N-ethyl adjacent to an activating group) is 1. The molecule has 2 aliphatic heterocycles. The summed E-state index contributed by atoms with van der Waals surface area (Å²) in [6, 6.07) is 0.0908. The highest BCUT2D eigenvalue weighted by atomic mass is 32.2. The Morgan fingerprint density at radius 2 is 2.06 bits per heavy atom. The molecule has 6 heteroatoms. The minimum absolute atomic E-state index is 0.0908. The summed E-state index contributed by atoms with van der Waals surface area (Å²) in [6.07, 6.45) is 1.68. The average molecular weight is 261 g/mol. The third kappa shape index (κ3) is 2.81. The molecule has 1 N–H and O–H groups in total. The Morgan fingerprint density at radius 3 is 2.71 bits per heavy atom. The summed E-state index contributed by atoms with van der Waals surface area (Å²) in [5.41, 5.74) is 0. The van der Waals surface area contributed by atoms with Gasteiger partial charge in [0.2, 0.25) is 10.0 Å². The molecule has 0 aromatic carbocycles. The van der Waals surface area contributed by atoms with Gasteiger partial charge < -0.3 is 10.2 Å². The zero-order valence-electron chi connectivity index (χ0n) is 10.7. The Kier molecular flexibility index (Phi) is 4.07. The SMILES string of the molecule is CC1CN(C)CCCN1S(=O)(=O)C1CCNC1. The van der Waals surface area contributed by atoms with Gasteiger partial charge in [-0.15, -0.1) is 0 Å². The van der Waals surface area contributed by atoms with E-state index in [-0.39, 0.29) is 11.3 Å². The molecule has 100 valence electrons. The summed E-state index contributed by atoms with van der Waals surface area (Å²) < 4.78 is 26.8. The molecule has 0 radical (unpaired) electrons. The summed E-state index contributed by atoms with van der Waals surface area (Å²) in [5, 5.41) is 2.93. The highest BCUT2D eigenvalue weighted by Crippen LogP contribution is 2.20. The molecule has 5 nitrogen and oxygen atoms in total. The van der Waals surface area contributed by atoms with Crippen molar-refractivity contribution in [2.24, 2.45) is 0 Å². The van der Waals surface area contributed by atoms with Crippen molar-refractivity contribution in [3.8, 4) is 0 Å². The first-order valence-electron chi connectivity index (χ1n) is 6.41. The van der Waals surface area contributed by atoms with E-state index in [4.69, 9.17) is 0 Å². The summed E-state index contributed by atoms with van der Waals surface area (Å²) >= 11 is 0. The van der Waals surface area contributed by atoms with E-state index in [1.54, 1.807) is 4.31 Å². The van der Waals surface area contributed by atoms with Gasteiger partial charge in [-0.05, 0) is 39.9 Å². The van der Waals surface area contributed by atoms with E-state index in [0.29, 0.717) is 13.1 Å². The lowest BCUT2D eigenvalue weighted by molar-refractivity contribution is 0.289. The van der Waals surface area contributed by atoms with Crippen LogP contribution in [-0.4, -0.2) is 68.7 Å². The fourth-order valence-corrected chi connectivity index (χ4v) is 4.88. The van der Waals surface area contributed by atoms with Crippen molar-refractivity contribution in [3.63, 3.8) is 0 Å². The van der Waals surface area contributed by atoms with Crippen LogP contribution in [-0.2, 0) is 10.0 Å². The molecule has 0 aromatic heterocycles. The fourth-order valence-electron chi connectivity index (χ4n) is 2.80. The van der Waals surface area contributed by atoms with Crippen LogP contribution < -0.4 is 5.32 Å². The first-order chi connectivity index (χ1) is 8.01. The Balaban J connectivity index is 2.13. The standard InChI is InChI=1S/C11H23N3O2S/c1-10-9-13(2)6-3-7-14(10)17(15,16)11-4-5-12-8-11/h10-12H,3-9H2,1-2H3. The van der Waals surface area contributed by atoms with Crippen LogP contribution in [0.15, 0.2) is 0 Å². The van der Waals surface area contributed by atoms with E-state index in [0.717, 1.165) is 32.5 Å². The lowest BCUT2D eigenvalue weighted by atomic mass is 10.3. The van der Waals surface area contributed by atoms with Crippen LogP contribution in [0.25, 0.3) is 0 Å². The lowest BCUT2D eigenvalue weighted by Gasteiger charge is -2.29. The van der Waals surface area contributed by atoms with Crippen LogP contribution in [0.1, 0.15) is 19.8 Å². The molecule has 2 atom stereocenters. The fraction of sp³-hybridized carbons (Fsp3) is 1.00. The third-order valence-electron chi connectivity index (χ3n) is 3.75. The van der Waals surface area contributed by atoms with Crippen molar-refractivity contribution in [3.05, 3.63) is 0 Å². The van der Waals surface area contributed by atoms with E-state index in [2.05, 4.69) is 17.3 Å². The number of sulfonamides is 1. The second kappa shape index (κ2) is 5.22. The van der Waals surface area contributed by atoms with Gasteiger partial charge in [-0.3, -0.25) is 0 Å². The van der Waals surface area contributed by atoms with Crippen LogP contribution in [0.5, 0.6) is 0 Å². The number of nitrogens with one attached hydrogen (secondary N) is 1. The Morgan fingerprint density at radius 1 is 1.29 bits per heavy atom. The molecule has 2 rings (SSSR count). The minimum atomic E-state index is -3.11. The number of rotatable bonds is 2. The normalized spacial score (nSPS) is 33.8. The Hall–Kier alpha value is -0.170. The molecule has 0 saturated carbocycles. The molecule has 0 spiro atoms. The van der Waals surface area contributed by atoms with Gasteiger partial charge in [0, 0.05) is 25.7 Å². The van der Waals surface area contributed by atoms with Crippen LogP contribution in [0.3, 0.4) is 0 Å². The first-order valence-corrected chi connectivity index (χ1v) is 7.92. The smallest absolute Gasteiger partial charge is 0.218 e. The molecule has 0 aromatic rings. The molecule has 17 heavy (non-hydrogen) atoms. The maximum Gasteiger partial charge on any atom is 0.218 e. The van der Waals surface area contributed by atoms with Crippen molar-refractivity contribution in [1.82, 2.24) is 14.5 Å². The van der Waals surface area contributed by atoms with Gasteiger partial charge in [0.25, 0.3) is 0 Å². The van der Waals surface area contributed by atoms with Crippen molar-refractivity contribution in [2.75, 3.05) is 39.8 Å². The first kappa shape index (κ1) is 13.3. The maximum atomic E-state index is 12.5. The molecular formula is C11H23N3O2S. The number of hydrogen-bond donors (Lipinski definition) is 1. The van der Waals surface area contributed by atoms with Crippen molar-refractivity contribution in [1.29, 1.82) is 0 Å². The van der Waals surface area contributed by atoms with Gasteiger partial charge in [-0.2, -0.15) is 4.31 Å². The van der Waals surface area contributed by atoms with Gasteiger partial charge in [0.05, 0.1) is 5.25 Å². The molecule has 2 unspecified atom stereocenters. The molecule has 2 aliphatic rings. The predicted octanol–water partition coefficient (Wildman–Crippen LogP) is -0.296. The number of hydrogen-bond acceptors (Lipinski definition) is 4. The van der Waals surface area contributed by atoms with Gasteiger partial charge in [-0.1, -0.05) is 0 Å². The van der Waals surface area contributed by atoms with E-state index in [1.165, 1.54) is 0 Å². The monoisotopic (exact) mass is 261 g/mol. The maximum absolute atomic E-state index is 12.5. The number of nitrogens with zero attached hydrogens (tertiary/aromatic N) is 2. The lowest BCUT2D eigenvalue weighted by Crippen LogP contribution is -2.46. The third-order valence-corrected chi connectivity index (χ3v) is 6.19. The highest BCUT2D eigenvalue weighted by molar-refractivity contribution is 7.89. The molecule has 2 saturated heterocycles. The van der Waals surface area contributed by atoms with E-state index >= 15 is 0 Å². The molecule has 2 fully saturated rings. The Labute approximate surface area is 104 Å². The largest absolute Gasteiger partial charge is 0.315 e. The van der Waals surface area contributed by atoms with Crippen LogP contribution in [0, 0.1) is 0 Å². The molecular weight excluding hydrogens is 238 g/mol. The van der Waals surface area contributed by atoms with Crippen LogP contribution in [0.4, 0.5) is 0 Å². The molecule has 0 amide bonds. The van der Waals surface area contributed by atoms with E-state index < -0.39 is 10.0 Å². The van der Waals surface area contributed by atoms with Crippen molar-refractivity contribution >= 4 is 10.0 Å². The summed E-state index contributed by atoms with van der Waals surface area (Å²) in [7, 11) is -1.05. The van der Waals surface area contributed by atoms with Gasteiger partial charge in [0.15, 0.2) is 0 Å². The van der Waals surface area contributed by atoms with Crippen molar-refractivity contribution < 1.29 is 8.42 Å². The van der Waals surface area contributed by atoms with E-state index in [9.17, 15) is 8.42 Å². The van der Waals surface area contributed by atoms with Crippen molar-refractivity contribution in [2.45, 2.75) is 31.1 Å².